The molecule has 0 heterocycles. The van der Waals surface area contributed by atoms with E-state index in [2.05, 4.69) is 27.4 Å². The van der Waals surface area contributed by atoms with E-state index in [1.165, 1.54) is 38.2 Å². The third-order valence-corrected chi connectivity index (χ3v) is 4.50. The van der Waals surface area contributed by atoms with Gasteiger partial charge in [-0.05, 0) is 43.9 Å². The lowest BCUT2D eigenvalue weighted by molar-refractivity contribution is -0.163. The van der Waals surface area contributed by atoms with Crippen molar-refractivity contribution in [2.45, 2.75) is 77.7 Å². The van der Waals surface area contributed by atoms with Gasteiger partial charge in [-0.3, -0.25) is 0 Å². The van der Waals surface area contributed by atoms with Gasteiger partial charge in [0.15, 0.2) is 0 Å². The van der Waals surface area contributed by atoms with Crippen molar-refractivity contribution in [1.82, 2.24) is 0 Å². The molecule has 0 aliphatic heterocycles. The third-order valence-electron chi connectivity index (χ3n) is 4.50. The number of hydrogen-bond acceptors (Lipinski definition) is 2. The zero-order valence-corrected chi connectivity index (χ0v) is 12.9. The summed E-state index contributed by atoms with van der Waals surface area (Å²) in [7, 11) is 0. The summed E-state index contributed by atoms with van der Waals surface area (Å²) >= 11 is 0. The van der Waals surface area contributed by atoms with E-state index in [0.717, 1.165) is 19.3 Å². The molecule has 2 atom stereocenters. The summed E-state index contributed by atoms with van der Waals surface area (Å²) in [5.74, 6) is 0.851. The summed E-state index contributed by atoms with van der Waals surface area (Å²) in [5, 5.41) is 0. The molecule has 0 aromatic carbocycles. The minimum Gasteiger partial charge on any atom is -0.456 e. The molecule has 1 aliphatic rings. The summed E-state index contributed by atoms with van der Waals surface area (Å²) in [6.07, 6.45) is 10.6. The van der Waals surface area contributed by atoms with Crippen LogP contribution >= 0.6 is 0 Å². The molecule has 0 aromatic rings. The zero-order valence-electron chi connectivity index (χ0n) is 12.9. The zero-order chi connectivity index (χ0) is 14.3. The largest absolute Gasteiger partial charge is 0.456 e. The van der Waals surface area contributed by atoms with Crippen LogP contribution in [0, 0.1) is 11.8 Å². The highest BCUT2D eigenvalue weighted by Gasteiger charge is 2.39. The predicted octanol–water partition coefficient (Wildman–Crippen LogP) is 4.88. The minimum atomic E-state index is -0.254. The molecule has 1 saturated carbocycles. The minimum absolute atomic E-state index is 0.254. The molecule has 0 radical (unpaired) electrons. The summed E-state index contributed by atoms with van der Waals surface area (Å²) in [5.41, 5.74) is -0.254. The van der Waals surface area contributed by atoms with Crippen LogP contribution in [0.15, 0.2) is 12.7 Å². The standard InChI is InChI=1S/C17H30O2/c1-5-16(18)19-17(13-11-14(2)3)12-9-7-6-8-10-15(17)4/h5,14-15H,1,6-13H2,2-4H3. The van der Waals surface area contributed by atoms with E-state index < -0.39 is 0 Å². The van der Waals surface area contributed by atoms with Crippen LogP contribution in [0.25, 0.3) is 0 Å². The second-order valence-electron chi connectivity index (χ2n) is 6.48. The van der Waals surface area contributed by atoms with Gasteiger partial charge in [0.2, 0.25) is 0 Å². The second-order valence-corrected chi connectivity index (χ2v) is 6.48. The fourth-order valence-electron chi connectivity index (χ4n) is 3.09. The molecule has 0 amide bonds. The summed E-state index contributed by atoms with van der Waals surface area (Å²) in [4.78, 5) is 11.7. The highest BCUT2D eigenvalue weighted by atomic mass is 16.6. The third kappa shape index (κ3) is 5.00. The van der Waals surface area contributed by atoms with Crippen LogP contribution < -0.4 is 0 Å². The molecule has 110 valence electrons. The van der Waals surface area contributed by atoms with Gasteiger partial charge in [-0.15, -0.1) is 0 Å². The first-order valence-corrected chi connectivity index (χ1v) is 7.85. The van der Waals surface area contributed by atoms with Crippen molar-refractivity contribution in [3.8, 4) is 0 Å². The van der Waals surface area contributed by atoms with Gasteiger partial charge < -0.3 is 4.74 Å². The van der Waals surface area contributed by atoms with E-state index in [4.69, 9.17) is 4.74 Å². The Morgan fingerprint density at radius 2 is 2.05 bits per heavy atom. The highest BCUT2D eigenvalue weighted by molar-refractivity contribution is 5.81. The van der Waals surface area contributed by atoms with Gasteiger partial charge in [-0.25, -0.2) is 4.79 Å². The van der Waals surface area contributed by atoms with Crippen LogP contribution in [0.3, 0.4) is 0 Å². The van der Waals surface area contributed by atoms with Gasteiger partial charge in [-0.2, -0.15) is 0 Å². The average molecular weight is 266 g/mol. The van der Waals surface area contributed by atoms with Crippen LogP contribution in [0.1, 0.15) is 72.1 Å². The quantitative estimate of drug-likeness (QED) is 0.523. The molecule has 0 N–H and O–H groups in total. The fourth-order valence-corrected chi connectivity index (χ4v) is 3.09. The second kappa shape index (κ2) is 7.72. The average Bonchev–Trinajstić information content (AvgIpc) is 2.36. The van der Waals surface area contributed by atoms with Crippen molar-refractivity contribution < 1.29 is 9.53 Å². The number of carbonyl (C=O) groups is 1. The first kappa shape index (κ1) is 16.3. The Bertz CT molecular complexity index is 296. The van der Waals surface area contributed by atoms with Gasteiger partial charge in [0.05, 0.1) is 0 Å². The van der Waals surface area contributed by atoms with Crippen LogP contribution in [0.4, 0.5) is 0 Å². The molecule has 1 aliphatic carbocycles. The van der Waals surface area contributed by atoms with Crippen LogP contribution in [-0.2, 0) is 9.53 Å². The molecular formula is C17H30O2. The van der Waals surface area contributed by atoms with E-state index >= 15 is 0 Å². The number of carbonyl (C=O) groups excluding carboxylic acids is 1. The molecule has 2 heteroatoms. The maximum absolute atomic E-state index is 11.7. The SMILES string of the molecule is C=CC(=O)OC1(CCC(C)C)CCCCCCC1C. The molecule has 19 heavy (non-hydrogen) atoms. The van der Waals surface area contributed by atoms with Crippen molar-refractivity contribution >= 4 is 5.97 Å². The molecule has 0 aromatic heterocycles. The summed E-state index contributed by atoms with van der Waals surface area (Å²) < 4.78 is 5.87. The Morgan fingerprint density at radius 1 is 1.37 bits per heavy atom. The Kier molecular flexibility index (Phi) is 6.60. The monoisotopic (exact) mass is 266 g/mol. The highest BCUT2D eigenvalue weighted by Crippen LogP contribution is 2.39. The first-order chi connectivity index (χ1) is 9.00. The van der Waals surface area contributed by atoms with E-state index in [1.807, 2.05) is 0 Å². The molecule has 1 fully saturated rings. The Morgan fingerprint density at radius 3 is 2.68 bits per heavy atom. The molecule has 0 spiro atoms. The van der Waals surface area contributed by atoms with Crippen molar-refractivity contribution in [2.24, 2.45) is 11.8 Å². The van der Waals surface area contributed by atoms with Crippen LogP contribution in [0.5, 0.6) is 0 Å². The Balaban J connectivity index is 2.84. The normalized spacial score (nSPS) is 28.5. The number of ether oxygens (including phenoxy) is 1. The maximum Gasteiger partial charge on any atom is 0.330 e. The lowest BCUT2D eigenvalue weighted by atomic mass is 9.75. The number of hydrogen-bond donors (Lipinski definition) is 0. The lowest BCUT2D eigenvalue weighted by Crippen LogP contribution is -2.42. The fraction of sp³-hybridized carbons (Fsp3) is 0.824. The van der Waals surface area contributed by atoms with E-state index in [9.17, 15) is 4.79 Å². The molecule has 0 saturated heterocycles. The van der Waals surface area contributed by atoms with Gasteiger partial charge in [0, 0.05) is 6.08 Å². The summed E-state index contributed by atoms with van der Waals surface area (Å²) in [6.45, 7) is 10.3. The molecule has 1 rings (SSSR count). The van der Waals surface area contributed by atoms with Crippen LogP contribution in [0.2, 0.25) is 0 Å². The smallest absolute Gasteiger partial charge is 0.330 e. The van der Waals surface area contributed by atoms with E-state index in [-0.39, 0.29) is 11.6 Å². The molecule has 2 nitrogen and oxygen atoms in total. The van der Waals surface area contributed by atoms with E-state index in [1.54, 1.807) is 0 Å². The maximum atomic E-state index is 11.7. The van der Waals surface area contributed by atoms with Crippen molar-refractivity contribution in [2.75, 3.05) is 0 Å². The Labute approximate surface area is 118 Å². The van der Waals surface area contributed by atoms with Gasteiger partial charge >= 0.3 is 5.97 Å². The molecule has 2 unspecified atom stereocenters. The van der Waals surface area contributed by atoms with Gasteiger partial charge in [0.1, 0.15) is 5.60 Å². The molecule has 0 bridgehead atoms. The van der Waals surface area contributed by atoms with E-state index in [0.29, 0.717) is 11.8 Å². The first-order valence-electron chi connectivity index (χ1n) is 7.85. The lowest BCUT2D eigenvalue weighted by Gasteiger charge is -2.40. The molecular weight excluding hydrogens is 236 g/mol. The Hall–Kier alpha value is -0.790. The van der Waals surface area contributed by atoms with Gasteiger partial charge in [0.25, 0.3) is 0 Å². The predicted molar refractivity (Wildman–Crippen MR) is 80.0 cm³/mol. The number of rotatable bonds is 5. The topological polar surface area (TPSA) is 26.3 Å². The number of esters is 1. The van der Waals surface area contributed by atoms with Crippen molar-refractivity contribution in [1.29, 1.82) is 0 Å². The van der Waals surface area contributed by atoms with Gasteiger partial charge in [-0.1, -0.05) is 46.6 Å². The van der Waals surface area contributed by atoms with Crippen LogP contribution in [-0.4, -0.2) is 11.6 Å². The van der Waals surface area contributed by atoms with Crippen molar-refractivity contribution in [3.63, 3.8) is 0 Å². The summed E-state index contributed by atoms with van der Waals surface area (Å²) in [6, 6.07) is 0. The van der Waals surface area contributed by atoms with Crippen molar-refractivity contribution in [3.05, 3.63) is 12.7 Å².